The van der Waals surface area contributed by atoms with Crippen LogP contribution in [0.25, 0.3) is 0 Å². The molecule has 1 atom stereocenters. The molecular weight excluding hydrogens is 420 g/mol. The normalized spacial score (nSPS) is 12.2. The van der Waals surface area contributed by atoms with Gasteiger partial charge in [0.25, 0.3) is 5.91 Å². The molecule has 0 spiro atoms. The van der Waals surface area contributed by atoms with Gasteiger partial charge in [-0.3, -0.25) is 10.2 Å². The standard InChI is InChI=1S/C26H30N2O5/c1-18(19-6-12-22(31-3)13-7-19)28(2)27-25(29)26(30,20-8-14-23(32-4)15-9-20)21-10-16-24(33-5)17-11-21/h6-18,30H,1-5H3,(H,27,29)/t18-/m0/s1. The van der Waals surface area contributed by atoms with E-state index < -0.39 is 11.5 Å². The molecule has 0 fully saturated rings. The SMILES string of the molecule is COc1ccc([C@H](C)N(C)NC(=O)C(O)(c2ccc(OC)cc2)c2ccc(OC)cc2)cc1. The zero-order valence-corrected chi connectivity index (χ0v) is 19.5. The van der Waals surface area contributed by atoms with Gasteiger partial charge in [-0.2, -0.15) is 0 Å². The summed E-state index contributed by atoms with van der Waals surface area (Å²) in [5, 5.41) is 13.5. The van der Waals surface area contributed by atoms with Gasteiger partial charge < -0.3 is 19.3 Å². The van der Waals surface area contributed by atoms with Crippen molar-refractivity contribution in [3.8, 4) is 17.2 Å². The summed E-state index contributed by atoms with van der Waals surface area (Å²) in [6, 6.07) is 21.0. The largest absolute Gasteiger partial charge is 0.497 e. The molecule has 7 nitrogen and oxygen atoms in total. The Morgan fingerprint density at radius 2 is 1.15 bits per heavy atom. The van der Waals surface area contributed by atoms with Crippen molar-refractivity contribution in [2.75, 3.05) is 28.4 Å². The molecule has 0 heterocycles. The number of rotatable bonds is 9. The van der Waals surface area contributed by atoms with E-state index in [9.17, 15) is 9.90 Å². The van der Waals surface area contributed by atoms with Crippen molar-refractivity contribution in [3.63, 3.8) is 0 Å². The highest BCUT2D eigenvalue weighted by Gasteiger charge is 2.41. The summed E-state index contributed by atoms with van der Waals surface area (Å²) < 4.78 is 15.7. The minimum atomic E-state index is -1.94. The Bertz CT molecular complexity index is 1000. The molecule has 0 saturated carbocycles. The van der Waals surface area contributed by atoms with E-state index >= 15 is 0 Å². The molecule has 3 rings (SSSR count). The van der Waals surface area contributed by atoms with Crippen molar-refractivity contribution in [1.29, 1.82) is 0 Å². The summed E-state index contributed by atoms with van der Waals surface area (Å²) in [5.74, 6) is 1.43. The van der Waals surface area contributed by atoms with Crippen molar-refractivity contribution in [2.45, 2.75) is 18.6 Å². The Morgan fingerprint density at radius 1 is 0.788 bits per heavy atom. The third kappa shape index (κ3) is 5.10. The fourth-order valence-electron chi connectivity index (χ4n) is 3.54. The van der Waals surface area contributed by atoms with Crippen LogP contribution in [0.3, 0.4) is 0 Å². The second kappa shape index (κ2) is 10.4. The maximum absolute atomic E-state index is 13.5. The highest BCUT2D eigenvalue weighted by atomic mass is 16.5. The van der Waals surface area contributed by atoms with Crippen molar-refractivity contribution >= 4 is 5.91 Å². The fourth-order valence-corrected chi connectivity index (χ4v) is 3.54. The molecule has 0 saturated heterocycles. The Labute approximate surface area is 194 Å². The molecule has 0 radical (unpaired) electrons. The first-order valence-corrected chi connectivity index (χ1v) is 10.5. The summed E-state index contributed by atoms with van der Waals surface area (Å²) in [6.07, 6.45) is 0. The van der Waals surface area contributed by atoms with Crippen LogP contribution >= 0.6 is 0 Å². The van der Waals surface area contributed by atoms with Gasteiger partial charge in [-0.25, -0.2) is 5.01 Å². The first-order valence-electron chi connectivity index (χ1n) is 10.5. The van der Waals surface area contributed by atoms with E-state index in [0.717, 1.165) is 11.3 Å². The zero-order valence-electron chi connectivity index (χ0n) is 19.5. The average molecular weight is 451 g/mol. The fraction of sp³-hybridized carbons (Fsp3) is 0.269. The predicted molar refractivity (Wildman–Crippen MR) is 126 cm³/mol. The summed E-state index contributed by atoms with van der Waals surface area (Å²) in [5.41, 5.74) is 2.72. The quantitative estimate of drug-likeness (QED) is 0.484. The maximum atomic E-state index is 13.5. The number of hydrogen-bond acceptors (Lipinski definition) is 6. The Hall–Kier alpha value is -3.55. The van der Waals surface area contributed by atoms with E-state index in [1.165, 1.54) is 0 Å². The molecule has 0 unspecified atom stereocenters. The number of amides is 1. The Balaban J connectivity index is 1.92. The van der Waals surface area contributed by atoms with Crippen molar-refractivity contribution in [1.82, 2.24) is 10.4 Å². The van der Waals surface area contributed by atoms with Gasteiger partial charge >= 0.3 is 0 Å². The molecule has 174 valence electrons. The van der Waals surface area contributed by atoms with Crippen LogP contribution in [0.15, 0.2) is 72.8 Å². The smallest absolute Gasteiger partial charge is 0.275 e. The van der Waals surface area contributed by atoms with Crippen LogP contribution in [0.2, 0.25) is 0 Å². The Kier molecular flexibility index (Phi) is 7.58. The zero-order chi connectivity index (χ0) is 24.0. The second-order valence-corrected chi connectivity index (χ2v) is 7.67. The molecule has 0 aliphatic rings. The van der Waals surface area contributed by atoms with Gasteiger partial charge in [-0.1, -0.05) is 36.4 Å². The third-order valence-electron chi connectivity index (χ3n) is 5.80. The summed E-state index contributed by atoms with van der Waals surface area (Å²) in [6.45, 7) is 1.96. The minimum Gasteiger partial charge on any atom is -0.497 e. The number of hydrazine groups is 1. The lowest BCUT2D eigenvalue weighted by atomic mass is 9.85. The molecule has 0 aliphatic carbocycles. The van der Waals surface area contributed by atoms with Crippen LogP contribution in [-0.2, 0) is 10.4 Å². The molecule has 3 aromatic rings. The topological polar surface area (TPSA) is 80.3 Å². The van der Waals surface area contributed by atoms with E-state index in [1.54, 1.807) is 81.9 Å². The number of ether oxygens (including phenoxy) is 3. The number of methoxy groups -OCH3 is 3. The number of aliphatic hydroxyl groups is 1. The number of nitrogens with one attached hydrogen (secondary N) is 1. The molecular formula is C26H30N2O5. The first-order chi connectivity index (χ1) is 15.8. The molecule has 7 heteroatoms. The predicted octanol–water partition coefficient (Wildman–Crippen LogP) is 3.67. The van der Waals surface area contributed by atoms with Crippen LogP contribution in [-0.4, -0.2) is 44.4 Å². The van der Waals surface area contributed by atoms with Crippen molar-refractivity contribution in [3.05, 3.63) is 89.5 Å². The van der Waals surface area contributed by atoms with Crippen molar-refractivity contribution in [2.24, 2.45) is 0 Å². The number of carbonyl (C=O) groups excluding carboxylic acids is 1. The maximum Gasteiger partial charge on any atom is 0.275 e. The van der Waals surface area contributed by atoms with Gasteiger partial charge in [0.2, 0.25) is 0 Å². The van der Waals surface area contributed by atoms with Gasteiger partial charge in [0.05, 0.1) is 27.4 Å². The molecule has 0 aliphatic heterocycles. The van der Waals surface area contributed by atoms with Gasteiger partial charge in [0.15, 0.2) is 5.60 Å². The summed E-state index contributed by atoms with van der Waals surface area (Å²) in [4.78, 5) is 13.5. The van der Waals surface area contributed by atoms with E-state index in [4.69, 9.17) is 14.2 Å². The van der Waals surface area contributed by atoms with E-state index in [-0.39, 0.29) is 6.04 Å². The number of carbonyl (C=O) groups is 1. The van der Waals surface area contributed by atoms with E-state index in [2.05, 4.69) is 5.43 Å². The van der Waals surface area contributed by atoms with E-state index in [1.807, 2.05) is 31.2 Å². The average Bonchev–Trinajstić information content (AvgIpc) is 2.87. The highest BCUT2D eigenvalue weighted by Crippen LogP contribution is 2.33. The molecule has 1 amide bonds. The van der Waals surface area contributed by atoms with Gasteiger partial charge in [-0.15, -0.1) is 0 Å². The summed E-state index contributed by atoms with van der Waals surface area (Å²) in [7, 11) is 6.50. The highest BCUT2D eigenvalue weighted by molar-refractivity contribution is 5.89. The van der Waals surface area contributed by atoms with Crippen LogP contribution in [0, 0.1) is 0 Å². The lowest BCUT2D eigenvalue weighted by molar-refractivity contribution is -0.142. The van der Waals surface area contributed by atoms with Gasteiger partial charge in [0, 0.05) is 7.05 Å². The van der Waals surface area contributed by atoms with Crippen LogP contribution < -0.4 is 19.6 Å². The molecule has 3 aromatic carbocycles. The Morgan fingerprint density at radius 3 is 1.52 bits per heavy atom. The molecule has 33 heavy (non-hydrogen) atoms. The van der Waals surface area contributed by atoms with E-state index in [0.29, 0.717) is 22.6 Å². The number of nitrogens with zero attached hydrogens (tertiary/aromatic N) is 1. The number of hydrogen-bond donors (Lipinski definition) is 2. The molecule has 2 N–H and O–H groups in total. The van der Waals surface area contributed by atoms with Crippen LogP contribution in [0.5, 0.6) is 17.2 Å². The van der Waals surface area contributed by atoms with Crippen LogP contribution in [0.1, 0.15) is 29.7 Å². The summed E-state index contributed by atoms with van der Waals surface area (Å²) >= 11 is 0. The van der Waals surface area contributed by atoms with Gasteiger partial charge in [0.1, 0.15) is 17.2 Å². The monoisotopic (exact) mass is 450 g/mol. The van der Waals surface area contributed by atoms with Gasteiger partial charge in [-0.05, 0) is 60.0 Å². The first kappa shape index (κ1) is 24.1. The lowest BCUT2D eigenvalue weighted by Crippen LogP contribution is -2.51. The van der Waals surface area contributed by atoms with Crippen LogP contribution in [0.4, 0.5) is 0 Å². The second-order valence-electron chi connectivity index (χ2n) is 7.67. The lowest BCUT2D eigenvalue weighted by Gasteiger charge is -2.33. The van der Waals surface area contributed by atoms with Crippen molar-refractivity contribution < 1.29 is 24.1 Å². The third-order valence-corrected chi connectivity index (χ3v) is 5.80. The number of benzene rings is 3. The molecule has 0 aromatic heterocycles. The molecule has 0 bridgehead atoms. The minimum absolute atomic E-state index is 0.157.